The third-order valence-electron chi connectivity index (χ3n) is 2.44. The highest BCUT2D eigenvalue weighted by atomic mass is 16.3. The van der Waals surface area contributed by atoms with Crippen LogP contribution < -0.4 is 5.73 Å². The summed E-state index contributed by atoms with van der Waals surface area (Å²) in [5.41, 5.74) is 5.35. The molecule has 3 nitrogen and oxygen atoms in total. The number of nitrogens with zero attached hydrogens (tertiary/aromatic N) is 1. The van der Waals surface area contributed by atoms with Gasteiger partial charge in [-0.05, 0) is 25.9 Å². The Hall–Kier alpha value is -0.120. The van der Waals surface area contributed by atoms with E-state index in [2.05, 4.69) is 4.90 Å². The molecular weight excluding hydrogens is 152 g/mol. The van der Waals surface area contributed by atoms with Crippen LogP contribution in [0.4, 0.5) is 0 Å². The van der Waals surface area contributed by atoms with E-state index in [-0.39, 0.29) is 6.10 Å². The lowest BCUT2D eigenvalue weighted by Gasteiger charge is -2.22. The Labute approximate surface area is 74.5 Å². The molecule has 3 heteroatoms. The average molecular weight is 172 g/mol. The first-order valence-corrected chi connectivity index (χ1v) is 4.93. The fourth-order valence-electron chi connectivity index (χ4n) is 1.69. The molecule has 1 saturated heterocycles. The molecule has 1 fully saturated rings. The normalized spacial score (nSPS) is 23.5. The number of nitrogens with two attached hydrogens (primary N) is 1. The first-order chi connectivity index (χ1) is 5.83. The fourth-order valence-corrected chi connectivity index (χ4v) is 1.69. The van der Waals surface area contributed by atoms with E-state index in [0.717, 1.165) is 19.6 Å². The van der Waals surface area contributed by atoms with Crippen molar-refractivity contribution < 1.29 is 5.11 Å². The second-order valence-electron chi connectivity index (χ2n) is 3.60. The minimum absolute atomic E-state index is 0.330. The average Bonchev–Trinajstić information content (AvgIpc) is 2.33. The van der Waals surface area contributed by atoms with E-state index < -0.39 is 0 Å². The van der Waals surface area contributed by atoms with Crippen molar-refractivity contribution in [1.82, 2.24) is 4.90 Å². The molecule has 1 aliphatic heterocycles. The molecule has 1 unspecified atom stereocenters. The van der Waals surface area contributed by atoms with Crippen LogP contribution in [0.25, 0.3) is 0 Å². The number of likely N-dealkylation sites (tertiary alicyclic amines) is 1. The van der Waals surface area contributed by atoms with Crippen LogP contribution in [0.2, 0.25) is 0 Å². The molecule has 0 saturated carbocycles. The molecule has 1 rings (SSSR count). The van der Waals surface area contributed by atoms with Gasteiger partial charge in [-0.1, -0.05) is 12.8 Å². The highest BCUT2D eigenvalue weighted by Gasteiger charge is 2.11. The van der Waals surface area contributed by atoms with Crippen molar-refractivity contribution in [3.63, 3.8) is 0 Å². The standard InChI is InChI=1S/C9H20N2O/c10-7-9(12)8-11-5-3-1-2-4-6-11/h9,12H,1-8,10H2. The van der Waals surface area contributed by atoms with Crippen molar-refractivity contribution >= 4 is 0 Å². The van der Waals surface area contributed by atoms with Gasteiger partial charge >= 0.3 is 0 Å². The molecule has 1 atom stereocenters. The molecule has 0 radical (unpaired) electrons. The van der Waals surface area contributed by atoms with Crippen molar-refractivity contribution in [3.8, 4) is 0 Å². The predicted octanol–water partition coefficient (Wildman–Crippen LogP) is 0.182. The van der Waals surface area contributed by atoms with Crippen molar-refractivity contribution in [3.05, 3.63) is 0 Å². The Morgan fingerprint density at radius 1 is 1.17 bits per heavy atom. The van der Waals surface area contributed by atoms with E-state index >= 15 is 0 Å². The Morgan fingerprint density at radius 2 is 1.75 bits per heavy atom. The maximum atomic E-state index is 9.34. The van der Waals surface area contributed by atoms with E-state index in [1.165, 1.54) is 25.7 Å². The van der Waals surface area contributed by atoms with Crippen LogP contribution in [0.15, 0.2) is 0 Å². The largest absolute Gasteiger partial charge is 0.390 e. The SMILES string of the molecule is NCC(O)CN1CCCCCC1. The molecule has 3 N–H and O–H groups in total. The summed E-state index contributed by atoms with van der Waals surface area (Å²) >= 11 is 0. The van der Waals surface area contributed by atoms with Crippen LogP contribution in [0.1, 0.15) is 25.7 Å². The minimum atomic E-state index is -0.330. The summed E-state index contributed by atoms with van der Waals surface area (Å²) in [6, 6.07) is 0. The predicted molar refractivity (Wildman–Crippen MR) is 50.0 cm³/mol. The van der Waals surface area contributed by atoms with E-state index in [1.807, 2.05) is 0 Å². The van der Waals surface area contributed by atoms with Gasteiger partial charge in [0.05, 0.1) is 6.10 Å². The minimum Gasteiger partial charge on any atom is -0.390 e. The number of aliphatic hydroxyl groups excluding tert-OH is 1. The molecule has 0 spiro atoms. The molecule has 0 aromatic rings. The number of rotatable bonds is 3. The van der Waals surface area contributed by atoms with Gasteiger partial charge in [0.1, 0.15) is 0 Å². The van der Waals surface area contributed by atoms with Crippen molar-refractivity contribution in [2.45, 2.75) is 31.8 Å². The van der Waals surface area contributed by atoms with Crippen LogP contribution in [0.3, 0.4) is 0 Å². The van der Waals surface area contributed by atoms with Gasteiger partial charge in [0.2, 0.25) is 0 Å². The lowest BCUT2D eigenvalue weighted by atomic mass is 10.2. The second-order valence-corrected chi connectivity index (χ2v) is 3.60. The van der Waals surface area contributed by atoms with Gasteiger partial charge in [-0.3, -0.25) is 0 Å². The third-order valence-corrected chi connectivity index (χ3v) is 2.44. The third kappa shape index (κ3) is 3.52. The lowest BCUT2D eigenvalue weighted by molar-refractivity contribution is 0.120. The van der Waals surface area contributed by atoms with E-state index in [1.54, 1.807) is 0 Å². The zero-order chi connectivity index (χ0) is 8.81. The Morgan fingerprint density at radius 3 is 2.25 bits per heavy atom. The van der Waals surface area contributed by atoms with Crippen LogP contribution in [-0.2, 0) is 0 Å². The molecular formula is C9H20N2O. The van der Waals surface area contributed by atoms with E-state index in [0.29, 0.717) is 6.54 Å². The zero-order valence-electron chi connectivity index (χ0n) is 7.71. The summed E-state index contributed by atoms with van der Waals surface area (Å²) in [6.07, 6.45) is 4.90. The molecule has 72 valence electrons. The first-order valence-electron chi connectivity index (χ1n) is 4.93. The van der Waals surface area contributed by atoms with Crippen molar-refractivity contribution in [1.29, 1.82) is 0 Å². The summed E-state index contributed by atoms with van der Waals surface area (Å²) in [7, 11) is 0. The molecule has 0 aromatic heterocycles. The Balaban J connectivity index is 2.20. The molecule has 1 heterocycles. The van der Waals surface area contributed by atoms with Crippen LogP contribution >= 0.6 is 0 Å². The van der Waals surface area contributed by atoms with Crippen LogP contribution in [-0.4, -0.2) is 42.3 Å². The maximum Gasteiger partial charge on any atom is 0.0789 e. The van der Waals surface area contributed by atoms with Gasteiger partial charge in [-0.15, -0.1) is 0 Å². The second kappa shape index (κ2) is 5.51. The van der Waals surface area contributed by atoms with E-state index in [4.69, 9.17) is 5.73 Å². The topological polar surface area (TPSA) is 49.5 Å². The molecule has 1 aliphatic rings. The maximum absolute atomic E-state index is 9.34. The molecule has 0 aliphatic carbocycles. The first kappa shape index (κ1) is 9.96. The van der Waals surface area contributed by atoms with Gasteiger partial charge in [-0.2, -0.15) is 0 Å². The summed E-state index contributed by atoms with van der Waals surface area (Å²) in [5, 5.41) is 9.34. The van der Waals surface area contributed by atoms with Gasteiger partial charge in [0, 0.05) is 13.1 Å². The summed E-state index contributed by atoms with van der Waals surface area (Å²) in [6.45, 7) is 3.42. The van der Waals surface area contributed by atoms with Crippen molar-refractivity contribution in [2.24, 2.45) is 5.73 Å². The van der Waals surface area contributed by atoms with Gasteiger partial charge in [0.15, 0.2) is 0 Å². The van der Waals surface area contributed by atoms with Crippen LogP contribution in [0.5, 0.6) is 0 Å². The number of β-amino-alcohol motifs (C(OH)–C–C–N with tert-alkyl or cyclic N) is 1. The van der Waals surface area contributed by atoms with E-state index in [9.17, 15) is 5.11 Å². The number of aliphatic hydroxyl groups is 1. The Kier molecular flexibility index (Phi) is 4.58. The molecule has 0 aromatic carbocycles. The zero-order valence-corrected chi connectivity index (χ0v) is 7.71. The summed E-state index contributed by atoms with van der Waals surface area (Å²) in [4.78, 5) is 2.32. The Bertz CT molecular complexity index is 111. The quantitative estimate of drug-likeness (QED) is 0.638. The highest BCUT2D eigenvalue weighted by molar-refractivity contribution is 4.67. The lowest BCUT2D eigenvalue weighted by Crippen LogP contribution is -2.36. The van der Waals surface area contributed by atoms with Gasteiger partial charge < -0.3 is 15.7 Å². The van der Waals surface area contributed by atoms with Gasteiger partial charge in [0.25, 0.3) is 0 Å². The number of hydrogen-bond donors (Lipinski definition) is 2. The molecule has 12 heavy (non-hydrogen) atoms. The van der Waals surface area contributed by atoms with Crippen molar-refractivity contribution in [2.75, 3.05) is 26.2 Å². The smallest absolute Gasteiger partial charge is 0.0789 e. The van der Waals surface area contributed by atoms with Crippen LogP contribution in [0, 0.1) is 0 Å². The van der Waals surface area contributed by atoms with Gasteiger partial charge in [-0.25, -0.2) is 0 Å². The fraction of sp³-hybridized carbons (Fsp3) is 1.00. The molecule has 0 amide bonds. The summed E-state index contributed by atoms with van der Waals surface area (Å²) < 4.78 is 0. The highest BCUT2D eigenvalue weighted by Crippen LogP contribution is 2.09. The molecule has 0 bridgehead atoms. The summed E-state index contributed by atoms with van der Waals surface area (Å²) in [5.74, 6) is 0. The number of hydrogen-bond acceptors (Lipinski definition) is 3. The monoisotopic (exact) mass is 172 g/mol.